The van der Waals surface area contributed by atoms with Gasteiger partial charge in [0.15, 0.2) is 0 Å². The third-order valence-corrected chi connectivity index (χ3v) is 3.56. The number of aromatic nitrogens is 1. The van der Waals surface area contributed by atoms with Crippen molar-refractivity contribution in [2.75, 3.05) is 5.32 Å². The number of non-ortho nitro benzene ring substituents is 1. The lowest BCUT2D eigenvalue weighted by molar-refractivity contribution is -0.384. The second-order valence-corrected chi connectivity index (χ2v) is 5.51. The minimum atomic E-state index is -0.486. The van der Waals surface area contributed by atoms with Crippen LogP contribution in [0.5, 0.6) is 0 Å². The Morgan fingerprint density at radius 3 is 2.50 bits per heavy atom. The largest absolute Gasteiger partial charge is 0.346 e. The molecule has 0 spiro atoms. The number of anilines is 1. The van der Waals surface area contributed by atoms with E-state index in [2.05, 4.69) is 23.7 Å². The Hall–Kier alpha value is -2.63. The average Bonchev–Trinajstić information content (AvgIpc) is 2.74. The monoisotopic (exact) mass is 301 g/mol. The number of nitro benzene ring substituents is 1. The van der Waals surface area contributed by atoms with E-state index in [0.717, 1.165) is 11.4 Å². The number of hydrogen-bond acceptors (Lipinski definition) is 3. The van der Waals surface area contributed by atoms with E-state index in [1.807, 2.05) is 19.9 Å². The molecule has 1 N–H and O–H groups in total. The summed E-state index contributed by atoms with van der Waals surface area (Å²) in [4.78, 5) is 22.7. The lowest BCUT2D eigenvalue weighted by atomic mass is 10.2. The fourth-order valence-electron chi connectivity index (χ4n) is 2.70. The van der Waals surface area contributed by atoms with Gasteiger partial charge in [0.25, 0.3) is 11.6 Å². The molecule has 0 bridgehead atoms. The molecule has 0 atom stereocenters. The van der Waals surface area contributed by atoms with Gasteiger partial charge in [-0.25, -0.2) is 0 Å². The lowest BCUT2D eigenvalue weighted by Gasteiger charge is -2.13. The standard InChI is InChI=1S/C16H19N3O3/c1-10(2)18-11(3)8-15(12(18)4)16(20)17-13-6-5-7-14(9-13)19(21)22/h5-10H,1-4H3,(H,17,20). The third kappa shape index (κ3) is 3.00. The normalized spacial score (nSPS) is 10.8. The molecule has 1 amide bonds. The maximum Gasteiger partial charge on any atom is 0.271 e. The molecule has 0 aliphatic rings. The number of amides is 1. The third-order valence-electron chi connectivity index (χ3n) is 3.56. The fourth-order valence-corrected chi connectivity index (χ4v) is 2.70. The van der Waals surface area contributed by atoms with E-state index in [9.17, 15) is 14.9 Å². The van der Waals surface area contributed by atoms with Gasteiger partial charge in [0, 0.05) is 35.2 Å². The zero-order chi connectivity index (χ0) is 16.4. The van der Waals surface area contributed by atoms with Gasteiger partial charge in [0.1, 0.15) is 0 Å². The number of carbonyl (C=O) groups is 1. The highest BCUT2D eigenvalue weighted by Crippen LogP contribution is 2.22. The van der Waals surface area contributed by atoms with Crippen LogP contribution in [0.2, 0.25) is 0 Å². The van der Waals surface area contributed by atoms with Crippen molar-refractivity contribution in [1.82, 2.24) is 4.57 Å². The molecule has 1 aromatic carbocycles. The molecular formula is C16H19N3O3. The highest BCUT2D eigenvalue weighted by molar-refractivity contribution is 6.05. The van der Waals surface area contributed by atoms with Crippen molar-refractivity contribution in [3.05, 3.63) is 57.4 Å². The van der Waals surface area contributed by atoms with Gasteiger partial charge in [-0.15, -0.1) is 0 Å². The van der Waals surface area contributed by atoms with Crippen LogP contribution in [0.4, 0.5) is 11.4 Å². The molecule has 6 heteroatoms. The summed E-state index contributed by atoms with van der Waals surface area (Å²) in [7, 11) is 0. The first-order valence-corrected chi connectivity index (χ1v) is 7.05. The zero-order valence-electron chi connectivity index (χ0n) is 13.1. The summed E-state index contributed by atoms with van der Waals surface area (Å²) in [5.74, 6) is -0.263. The van der Waals surface area contributed by atoms with Crippen molar-refractivity contribution in [3.63, 3.8) is 0 Å². The van der Waals surface area contributed by atoms with Gasteiger partial charge in [-0.1, -0.05) is 6.07 Å². The highest BCUT2D eigenvalue weighted by atomic mass is 16.6. The van der Waals surface area contributed by atoms with Gasteiger partial charge in [-0.2, -0.15) is 0 Å². The Balaban J connectivity index is 2.28. The molecular weight excluding hydrogens is 282 g/mol. The minimum Gasteiger partial charge on any atom is -0.346 e. The molecule has 0 saturated heterocycles. The molecule has 2 rings (SSSR count). The van der Waals surface area contributed by atoms with Crippen LogP contribution in [0.1, 0.15) is 41.6 Å². The van der Waals surface area contributed by atoms with Crippen LogP contribution in [-0.4, -0.2) is 15.4 Å². The van der Waals surface area contributed by atoms with E-state index in [-0.39, 0.29) is 17.6 Å². The van der Waals surface area contributed by atoms with Crippen LogP contribution < -0.4 is 5.32 Å². The number of carbonyl (C=O) groups excluding carboxylic acids is 1. The molecule has 22 heavy (non-hydrogen) atoms. The summed E-state index contributed by atoms with van der Waals surface area (Å²) >= 11 is 0. The maximum atomic E-state index is 12.4. The first-order chi connectivity index (χ1) is 10.3. The summed E-state index contributed by atoms with van der Waals surface area (Å²) in [5, 5.41) is 13.5. The van der Waals surface area contributed by atoms with Crippen LogP contribution in [0.3, 0.4) is 0 Å². The summed E-state index contributed by atoms with van der Waals surface area (Å²) in [6, 6.07) is 8.01. The molecule has 1 aromatic heterocycles. The molecule has 0 aliphatic carbocycles. The van der Waals surface area contributed by atoms with Gasteiger partial charge in [-0.05, 0) is 39.8 Å². The number of nitrogens with zero attached hydrogens (tertiary/aromatic N) is 2. The predicted molar refractivity (Wildman–Crippen MR) is 85.3 cm³/mol. The van der Waals surface area contributed by atoms with Crippen molar-refractivity contribution in [3.8, 4) is 0 Å². The summed E-state index contributed by atoms with van der Waals surface area (Å²) < 4.78 is 2.09. The van der Waals surface area contributed by atoms with Crippen molar-refractivity contribution < 1.29 is 9.72 Å². The molecule has 0 aliphatic heterocycles. The van der Waals surface area contributed by atoms with Crippen LogP contribution in [0, 0.1) is 24.0 Å². The smallest absolute Gasteiger partial charge is 0.271 e. The summed E-state index contributed by atoms with van der Waals surface area (Å²) in [6.07, 6.45) is 0. The van der Waals surface area contributed by atoms with E-state index in [1.54, 1.807) is 12.1 Å². The fraction of sp³-hybridized carbons (Fsp3) is 0.312. The number of hydrogen-bond donors (Lipinski definition) is 1. The summed E-state index contributed by atoms with van der Waals surface area (Å²) in [5.41, 5.74) is 2.84. The molecule has 2 aromatic rings. The number of nitrogens with one attached hydrogen (secondary N) is 1. The predicted octanol–water partition coefficient (Wildman–Crippen LogP) is 3.85. The van der Waals surface area contributed by atoms with E-state index in [0.29, 0.717) is 11.3 Å². The van der Waals surface area contributed by atoms with E-state index in [4.69, 9.17) is 0 Å². The first kappa shape index (κ1) is 15.8. The Kier molecular flexibility index (Phi) is 4.30. The first-order valence-electron chi connectivity index (χ1n) is 7.05. The van der Waals surface area contributed by atoms with Crippen molar-refractivity contribution >= 4 is 17.3 Å². The summed E-state index contributed by atoms with van der Waals surface area (Å²) in [6.45, 7) is 7.97. The molecule has 6 nitrogen and oxygen atoms in total. The van der Waals surface area contributed by atoms with Crippen molar-refractivity contribution in [2.24, 2.45) is 0 Å². The number of aryl methyl sites for hydroxylation is 1. The van der Waals surface area contributed by atoms with Gasteiger partial charge < -0.3 is 9.88 Å². The van der Waals surface area contributed by atoms with Gasteiger partial charge in [0.05, 0.1) is 10.5 Å². The Morgan fingerprint density at radius 2 is 1.95 bits per heavy atom. The second-order valence-electron chi connectivity index (χ2n) is 5.51. The molecule has 1 heterocycles. The molecule has 0 saturated carbocycles. The van der Waals surface area contributed by atoms with Crippen LogP contribution in [-0.2, 0) is 0 Å². The Labute approximate surface area is 128 Å². The quantitative estimate of drug-likeness (QED) is 0.688. The van der Waals surface area contributed by atoms with E-state index in [1.165, 1.54) is 12.1 Å². The molecule has 0 unspecified atom stereocenters. The topological polar surface area (TPSA) is 77.2 Å². The van der Waals surface area contributed by atoms with Crippen LogP contribution >= 0.6 is 0 Å². The van der Waals surface area contributed by atoms with Crippen molar-refractivity contribution in [2.45, 2.75) is 33.7 Å². The molecule has 116 valence electrons. The second kappa shape index (κ2) is 6.01. The average molecular weight is 301 g/mol. The van der Waals surface area contributed by atoms with E-state index < -0.39 is 4.92 Å². The Bertz CT molecular complexity index is 732. The van der Waals surface area contributed by atoms with Gasteiger partial charge in [-0.3, -0.25) is 14.9 Å². The minimum absolute atomic E-state index is 0.0505. The lowest BCUT2D eigenvalue weighted by Crippen LogP contribution is -2.14. The van der Waals surface area contributed by atoms with E-state index >= 15 is 0 Å². The van der Waals surface area contributed by atoms with Crippen molar-refractivity contribution in [1.29, 1.82) is 0 Å². The van der Waals surface area contributed by atoms with Crippen LogP contribution in [0.15, 0.2) is 30.3 Å². The number of rotatable bonds is 4. The maximum absolute atomic E-state index is 12.4. The number of benzene rings is 1. The highest BCUT2D eigenvalue weighted by Gasteiger charge is 2.17. The Morgan fingerprint density at radius 1 is 1.27 bits per heavy atom. The number of nitro groups is 1. The zero-order valence-corrected chi connectivity index (χ0v) is 13.1. The van der Waals surface area contributed by atoms with Gasteiger partial charge >= 0.3 is 0 Å². The van der Waals surface area contributed by atoms with Gasteiger partial charge in [0.2, 0.25) is 0 Å². The molecule has 0 radical (unpaired) electrons. The molecule has 0 fully saturated rings. The SMILES string of the molecule is Cc1cc(C(=O)Nc2cccc([N+](=O)[O-])c2)c(C)n1C(C)C. The van der Waals surface area contributed by atoms with Crippen LogP contribution in [0.25, 0.3) is 0 Å².